The first kappa shape index (κ1) is 10.7. The Morgan fingerprint density at radius 1 is 1.38 bits per heavy atom. The zero-order valence-corrected chi connectivity index (χ0v) is 9.13. The van der Waals surface area contributed by atoms with Gasteiger partial charge >= 0.3 is 0 Å². The fourth-order valence-corrected chi connectivity index (χ4v) is 1.26. The van der Waals surface area contributed by atoms with Crippen molar-refractivity contribution in [2.75, 3.05) is 11.6 Å². The van der Waals surface area contributed by atoms with E-state index in [0.717, 1.165) is 11.8 Å². The van der Waals surface area contributed by atoms with Crippen LogP contribution in [-0.2, 0) is 0 Å². The van der Waals surface area contributed by atoms with Gasteiger partial charge in [-0.25, -0.2) is 0 Å². The van der Waals surface area contributed by atoms with E-state index in [9.17, 15) is 4.79 Å². The number of thioether (sulfide) groups is 1. The van der Waals surface area contributed by atoms with Gasteiger partial charge < -0.3 is 5.32 Å². The molecule has 1 amide bonds. The molecular formula is C8H7Cl2NOS. The third-order valence-corrected chi connectivity index (χ3v) is 2.56. The number of benzene rings is 1. The first-order valence-electron chi connectivity index (χ1n) is 3.43. The molecule has 0 atom stereocenters. The van der Waals surface area contributed by atoms with Crippen LogP contribution in [-0.4, -0.2) is 11.5 Å². The molecule has 0 unspecified atom stereocenters. The van der Waals surface area contributed by atoms with Gasteiger partial charge in [-0.3, -0.25) is 4.79 Å². The van der Waals surface area contributed by atoms with Gasteiger partial charge in [0.05, 0.1) is 10.0 Å². The maximum Gasteiger partial charge on any atom is 0.283 e. The molecule has 1 N–H and O–H groups in total. The highest BCUT2D eigenvalue weighted by Gasteiger charge is 2.02. The maximum absolute atomic E-state index is 11.0. The Hall–Kier alpha value is -0.380. The van der Waals surface area contributed by atoms with Crippen LogP contribution in [0, 0.1) is 0 Å². The summed E-state index contributed by atoms with van der Waals surface area (Å²) in [6.45, 7) is 0. The topological polar surface area (TPSA) is 29.1 Å². The summed E-state index contributed by atoms with van der Waals surface area (Å²) in [7, 11) is 0. The number of halogens is 2. The molecule has 0 aromatic heterocycles. The number of hydrogen-bond acceptors (Lipinski definition) is 2. The van der Waals surface area contributed by atoms with Gasteiger partial charge in [0.2, 0.25) is 0 Å². The van der Waals surface area contributed by atoms with Crippen LogP contribution in [0.2, 0.25) is 10.0 Å². The Kier molecular flexibility index (Phi) is 3.90. The zero-order valence-electron chi connectivity index (χ0n) is 6.80. The molecule has 0 saturated heterocycles. The van der Waals surface area contributed by atoms with Gasteiger partial charge in [0.15, 0.2) is 0 Å². The molecule has 1 rings (SSSR count). The van der Waals surface area contributed by atoms with E-state index in [4.69, 9.17) is 23.2 Å². The average Bonchev–Trinajstić information content (AvgIpc) is 2.11. The highest BCUT2D eigenvalue weighted by Crippen LogP contribution is 2.25. The monoisotopic (exact) mass is 235 g/mol. The van der Waals surface area contributed by atoms with Crippen molar-refractivity contribution in [1.29, 1.82) is 0 Å². The summed E-state index contributed by atoms with van der Waals surface area (Å²) in [5.74, 6) is 0. The second kappa shape index (κ2) is 4.74. The van der Waals surface area contributed by atoms with E-state index in [1.807, 2.05) is 0 Å². The minimum Gasteiger partial charge on any atom is -0.317 e. The lowest BCUT2D eigenvalue weighted by Gasteiger charge is -2.03. The number of hydrogen-bond donors (Lipinski definition) is 1. The summed E-state index contributed by atoms with van der Waals surface area (Å²) in [6.07, 6.45) is 1.70. The van der Waals surface area contributed by atoms with Crippen LogP contribution in [0.15, 0.2) is 18.2 Å². The van der Waals surface area contributed by atoms with E-state index >= 15 is 0 Å². The predicted molar refractivity (Wildman–Crippen MR) is 59.0 cm³/mol. The van der Waals surface area contributed by atoms with E-state index < -0.39 is 0 Å². The fraction of sp³-hybridized carbons (Fsp3) is 0.125. The molecular weight excluding hydrogens is 229 g/mol. The van der Waals surface area contributed by atoms with Crippen LogP contribution in [0.5, 0.6) is 0 Å². The quantitative estimate of drug-likeness (QED) is 0.801. The molecule has 0 spiro atoms. The summed E-state index contributed by atoms with van der Waals surface area (Å²) < 4.78 is 0. The van der Waals surface area contributed by atoms with Gasteiger partial charge in [0, 0.05) is 5.69 Å². The van der Waals surface area contributed by atoms with Gasteiger partial charge in [-0.1, -0.05) is 35.0 Å². The first-order valence-corrected chi connectivity index (χ1v) is 5.41. The Morgan fingerprint density at radius 2 is 2.08 bits per heavy atom. The van der Waals surface area contributed by atoms with Crippen molar-refractivity contribution in [3.05, 3.63) is 28.2 Å². The van der Waals surface area contributed by atoms with Crippen LogP contribution >= 0.6 is 35.0 Å². The van der Waals surface area contributed by atoms with Crippen molar-refractivity contribution < 1.29 is 4.79 Å². The molecule has 0 bridgehead atoms. The minimum atomic E-state index is -0.126. The minimum absolute atomic E-state index is 0.126. The van der Waals surface area contributed by atoms with Crippen molar-refractivity contribution in [1.82, 2.24) is 0 Å². The molecule has 0 aliphatic carbocycles. The zero-order chi connectivity index (χ0) is 9.84. The normalized spacial score (nSPS) is 9.77. The van der Waals surface area contributed by atoms with Gasteiger partial charge in [0.1, 0.15) is 0 Å². The van der Waals surface area contributed by atoms with E-state index in [1.54, 1.807) is 24.5 Å². The Labute approximate surface area is 90.6 Å². The van der Waals surface area contributed by atoms with Crippen LogP contribution in [0.3, 0.4) is 0 Å². The van der Waals surface area contributed by atoms with E-state index in [2.05, 4.69) is 5.32 Å². The van der Waals surface area contributed by atoms with Crippen LogP contribution in [0.25, 0.3) is 0 Å². The molecule has 0 saturated carbocycles. The molecule has 0 radical (unpaired) electrons. The molecule has 2 nitrogen and oxygen atoms in total. The highest BCUT2D eigenvalue weighted by molar-refractivity contribution is 8.13. The van der Waals surface area contributed by atoms with E-state index in [1.165, 1.54) is 0 Å². The van der Waals surface area contributed by atoms with Crippen molar-refractivity contribution in [3.63, 3.8) is 0 Å². The number of amides is 1. The Balaban J connectivity index is 2.79. The molecule has 5 heteroatoms. The van der Waals surface area contributed by atoms with Crippen molar-refractivity contribution >= 4 is 45.9 Å². The summed E-state index contributed by atoms with van der Waals surface area (Å²) in [5, 5.41) is 3.42. The second-order valence-corrected chi connectivity index (χ2v) is 3.84. The largest absolute Gasteiger partial charge is 0.317 e. The molecule has 1 aromatic carbocycles. The molecule has 70 valence electrons. The van der Waals surface area contributed by atoms with Crippen LogP contribution in [0.1, 0.15) is 0 Å². The first-order chi connectivity index (χ1) is 6.13. The molecule has 0 aliphatic heterocycles. The van der Waals surface area contributed by atoms with E-state index in [-0.39, 0.29) is 5.24 Å². The van der Waals surface area contributed by atoms with Crippen LogP contribution < -0.4 is 5.32 Å². The van der Waals surface area contributed by atoms with Gasteiger partial charge in [-0.15, -0.1) is 0 Å². The third kappa shape index (κ3) is 3.10. The number of carbonyl (C=O) groups excluding carboxylic acids is 1. The van der Waals surface area contributed by atoms with Crippen molar-refractivity contribution in [2.45, 2.75) is 0 Å². The molecule has 0 fully saturated rings. The third-order valence-electron chi connectivity index (χ3n) is 1.35. The average molecular weight is 236 g/mol. The van der Waals surface area contributed by atoms with Gasteiger partial charge in [0.25, 0.3) is 5.24 Å². The van der Waals surface area contributed by atoms with E-state index in [0.29, 0.717) is 15.7 Å². The Bertz CT molecular complexity index is 330. The lowest BCUT2D eigenvalue weighted by Crippen LogP contribution is -2.03. The summed E-state index contributed by atoms with van der Waals surface area (Å²) in [4.78, 5) is 11.0. The maximum atomic E-state index is 11.0. The summed E-state index contributed by atoms with van der Waals surface area (Å²) in [6, 6.07) is 4.94. The number of rotatable bonds is 1. The standard InChI is InChI=1S/C8H7Cl2NOS/c1-13-8(12)11-5-2-3-6(9)7(10)4-5/h2-4H,1H3,(H,11,12). The lowest BCUT2D eigenvalue weighted by molar-refractivity contribution is 0.270. The predicted octanol–water partition coefficient (Wildman–Crippen LogP) is 3.89. The van der Waals surface area contributed by atoms with Gasteiger partial charge in [-0.05, 0) is 24.5 Å². The summed E-state index contributed by atoms with van der Waals surface area (Å²) in [5.41, 5.74) is 0.647. The van der Waals surface area contributed by atoms with Crippen molar-refractivity contribution in [2.24, 2.45) is 0 Å². The second-order valence-electron chi connectivity index (χ2n) is 2.25. The molecule has 0 aliphatic rings. The summed E-state index contributed by atoms with van der Waals surface area (Å²) >= 11 is 12.6. The number of carbonyl (C=O) groups is 1. The molecule has 1 aromatic rings. The van der Waals surface area contributed by atoms with Crippen LogP contribution in [0.4, 0.5) is 10.5 Å². The Morgan fingerprint density at radius 3 is 2.62 bits per heavy atom. The van der Waals surface area contributed by atoms with Crippen molar-refractivity contribution in [3.8, 4) is 0 Å². The number of nitrogens with one attached hydrogen (secondary N) is 1. The highest BCUT2D eigenvalue weighted by atomic mass is 35.5. The SMILES string of the molecule is CSC(=O)Nc1ccc(Cl)c(Cl)c1. The lowest BCUT2D eigenvalue weighted by atomic mass is 10.3. The molecule has 13 heavy (non-hydrogen) atoms. The number of anilines is 1. The van der Waals surface area contributed by atoms with Gasteiger partial charge in [-0.2, -0.15) is 0 Å². The smallest absolute Gasteiger partial charge is 0.283 e. The fourth-order valence-electron chi connectivity index (χ4n) is 0.743. The molecule has 0 heterocycles.